The molecule has 3 aliphatic carbocycles. The Balaban J connectivity index is 1.63. The van der Waals surface area contributed by atoms with Crippen LogP contribution in [-0.2, 0) is 11.2 Å². The van der Waals surface area contributed by atoms with Crippen LogP contribution in [0.15, 0.2) is 42.2 Å². The molecule has 2 bridgehead atoms. The van der Waals surface area contributed by atoms with Crippen LogP contribution in [0.25, 0.3) is 16.7 Å². The van der Waals surface area contributed by atoms with E-state index >= 15 is 0 Å². The van der Waals surface area contributed by atoms with E-state index in [1.165, 1.54) is 6.07 Å². The van der Waals surface area contributed by atoms with Gasteiger partial charge in [-0.2, -0.15) is 0 Å². The molecule has 4 heteroatoms. The third-order valence-corrected chi connectivity index (χ3v) is 7.36. The molecule has 0 saturated heterocycles. The van der Waals surface area contributed by atoms with Gasteiger partial charge in [0, 0.05) is 11.8 Å². The zero-order valence-electron chi connectivity index (χ0n) is 15.7. The Morgan fingerprint density at radius 1 is 1.07 bits per heavy atom. The number of halogens is 2. The van der Waals surface area contributed by atoms with E-state index in [2.05, 4.69) is 0 Å². The van der Waals surface area contributed by atoms with Gasteiger partial charge in [-0.05, 0) is 78.0 Å². The minimum Gasteiger partial charge on any atom is -0.511 e. The lowest BCUT2D eigenvalue weighted by molar-refractivity contribution is -0.118. The number of carbonyl (C=O) groups is 1. The zero-order chi connectivity index (χ0) is 19.6. The molecule has 1 N–H and O–H groups in total. The van der Waals surface area contributed by atoms with Crippen LogP contribution in [0.3, 0.4) is 0 Å². The van der Waals surface area contributed by atoms with Crippen molar-refractivity contribution in [3.05, 3.63) is 64.1 Å². The molecule has 2 fully saturated rings. The van der Waals surface area contributed by atoms with Crippen molar-refractivity contribution in [3.63, 3.8) is 0 Å². The summed E-state index contributed by atoms with van der Waals surface area (Å²) in [6.07, 6.45) is 4.05. The molecule has 2 nitrogen and oxygen atoms in total. The number of rotatable bonds is 3. The maximum Gasteiger partial charge on any atom is 0.170 e. The smallest absolute Gasteiger partial charge is 0.170 e. The predicted octanol–water partition coefficient (Wildman–Crippen LogP) is 6.22. The van der Waals surface area contributed by atoms with Crippen LogP contribution >= 0.6 is 11.6 Å². The zero-order valence-corrected chi connectivity index (χ0v) is 16.5. The van der Waals surface area contributed by atoms with Gasteiger partial charge in [0.05, 0.1) is 10.6 Å². The molecule has 5 rings (SSSR count). The third kappa shape index (κ3) is 2.49. The van der Waals surface area contributed by atoms with Crippen molar-refractivity contribution in [1.82, 2.24) is 0 Å². The van der Waals surface area contributed by atoms with Gasteiger partial charge in [0.2, 0.25) is 0 Å². The van der Waals surface area contributed by atoms with Gasteiger partial charge in [0.15, 0.2) is 5.78 Å². The second-order valence-electron chi connectivity index (χ2n) is 8.36. The molecule has 2 aromatic carbocycles. The van der Waals surface area contributed by atoms with E-state index < -0.39 is 5.82 Å². The lowest BCUT2D eigenvalue weighted by Gasteiger charge is -2.23. The van der Waals surface area contributed by atoms with Crippen molar-refractivity contribution in [3.8, 4) is 11.1 Å². The highest BCUT2D eigenvalue weighted by Crippen LogP contribution is 2.60. The molecule has 2 aromatic rings. The van der Waals surface area contributed by atoms with Crippen molar-refractivity contribution in [2.24, 2.45) is 23.7 Å². The van der Waals surface area contributed by atoms with Gasteiger partial charge in [0.25, 0.3) is 0 Å². The summed E-state index contributed by atoms with van der Waals surface area (Å²) in [6.45, 7) is 2.04. The molecule has 0 amide bonds. The quantitative estimate of drug-likeness (QED) is 0.668. The molecule has 3 aliphatic rings. The number of fused-ring (bicyclic) bond motifs is 5. The van der Waals surface area contributed by atoms with Crippen LogP contribution in [0.2, 0.25) is 5.02 Å². The van der Waals surface area contributed by atoms with Gasteiger partial charge in [-0.25, -0.2) is 4.39 Å². The average molecular weight is 397 g/mol. The van der Waals surface area contributed by atoms with E-state index in [1.807, 2.05) is 25.1 Å². The largest absolute Gasteiger partial charge is 0.511 e. The van der Waals surface area contributed by atoms with E-state index in [0.29, 0.717) is 23.0 Å². The maximum atomic E-state index is 13.9. The predicted molar refractivity (Wildman–Crippen MR) is 109 cm³/mol. The second kappa shape index (κ2) is 6.45. The number of Topliss-reactive ketones (excluding diaryl/α,β-unsaturated/α-hetero) is 1. The number of hydrogen-bond acceptors (Lipinski definition) is 2. The number of carbonyl (C=O) groups excluding carboxylic acids is 1. The number of allylic oxidation sites excluding steroid dienone is 2. The third-order valence-electron chi connectivity index (χ3n) is 7.05. The van der Waals surface area contributed by atoms with Crippen molar-refractivity contribution < 1.29 is 14.3 Å². The van der Waals surface area contributed by atoms with Crippen LogP contribution < -0.4 is 0 Å². The second-order valence-corrected chi connectivity index (χ2v) is 8.77. The molecule has 2 saturated carbocycles. The summed E-state index contributed by atoms with van der Waals surface area (Å²) in [4.78, 5) is 13.3. The topological polar surface area (TPSA) is 37.3 Å². The Morgan fingerprint density at radius 3 is 2.43 bits per heavy atom. The van der Waals surface area contributed by atoms with Crippen molar-refractivity contribution in [1.29, 1.82) is 0 Å². The standard InChI is InChI=1S/C24H22ClFO2/c1-2-12-3-4-13(14-7-8-18(25)19(26)11-14)10-17(12)22-23(27)20-15-5-6-16(9-15)21(20)24(22)28/h3-4,7-8,10-11,15-16,20-21,27H,2,5-6,9H2,1H3/t15-,16+,20?,21?/m0/s1. The Kier molecular flexibility index (Phi) is 4.13. The number of benzene rings is 2. The first-order valence-corrected chi connectivity index (χ1v) is 10.4. The van der Waals surface area contributed by atoms with E-state index in [-0.39, 0.29) is 28.4 Å². The van der Waals surface area contributed by atoms with E-state index in [0.717, 1.165) is 42.4 Å². The highest BCUT2D eigenvalue weighted by molar-refractivity contribution is 6.30. The minimum absolute atomic E-state index is 0.00240. The first kappa shape index (κ1) is 17.9. The molecule has 28 heavy (non-hydrogen) atoms. The summed E-state index contributed by atoms with van der Waals surface area (Å²) in [5, 5.41) is 11.1. The van der Waals surface area contributed by atoms with Gasteiger partial charge < -0.3 is 5.11 Å². The monoisotopic (exact) mass is 396 g/mol. The Bertz CT molecular complexity index is 1030. The Morgan fingerprint density at radius 2 is 1.75 bits per heavy atom. The minimum atomic E-state index is -0.467. The summed E-state index contributed by atoms with van der Waals surface area (Å²) in [7, 11) is 0. The summed E-state index contributed by atoms with van der Waals surface area (Å²) >= 11 is 5.82. The van der Waals surface area contributed by atoms with Crippen LogP contribution in [0.4, 0.5) is 4.39 Å². The summed E-state index contributed by atoms with van der Waals surface area (Å²) in [5.41, 5.74) is 3.85. The van der Waals surface area contributed by atoms with Gasteiger partial charge in [-0.1, -0.05) is 36.7 Å². The fourth-order valence-electron chi connectivity index (χ4n) is 5.77. The molecule has 0 aromatic heterocycles. The Labute approximate surface area is 169 Å². The molecule has 144 valence electrons. The van der Waals surface area contributed by atoms with Crippen LogP contribution in [0.1, 0.15) is 37.3 Å². The number of aliphatic hydroxyl groups is 1. The van der Waals surface area contributed by atoms with Gasteiger partial charge in [0.1, 0.15) is 11.6 Å². The van der Waals surface area contributed by atoms with Crippen molar-refractivity contribution >= 4 is 23.0 Å². The summed E-state index contributed by atoms with van der Waals surface area (Å²) in [5.74, 6) is 0.735. The average Bonchev–Trinajstić information content (AvgIpc) is 3.37. The van der Waals surface area contributed by atoms with E-state index in [9.17, 15) is 14.3 Å². The molecule has 2 unspecified atom stereocenters. The lowest BCUT2D eigenvalue weighted by Crippen LogP contribution is -2.24. The number of aryl methyl sites for hydroxylation is 1. The molecule has 0 heterocycles. The normalized spacial score (nSPS) is 28.3. The Hall–Kier alpha value is -2.13. The maximum absolute atomic E-state index is 13.9. The lowest BCUT2D eigenvalue weighted by atomic mass is 9.80. The number of hydrogen-bond donors (Lipinski definition) is 1. The molecule has 0 spiro atoms. The van der Waals surface area contributed by atoms with E-state index in [1.54, 1.807) is 12.1 Å². The summed E-state index contributed by atoms with van der Waals surface area (Å²) < 4.78 is 13.9. The fourth-order valence-corrected chi connectivity index (χ4v) is 5.88. The highest BCUT2D eigenvalue weighted by atomic mass is 35.5. The van der Waals surface area contributed by atoms with Crippen LogP contribution in [0.5, 0.6) is 0 Å². The molecular weight excluding hydrogens is 375 g/mol. The van der Waals surface area contributed by atoms with Gasteiger partial charge in [-0.3, -0.25) is 4.79 Å². The molecule has 0 aliphatic heterocycles. The summed E-state index contributed by atoms with van der Waals surface area (Å²) in [6, 6.07) is 10.6. The van der Waals surface area contributed by atoms with Gasteiger partial charge >= 0.3 is 0 Å². The van der Waals surface area contributed by atoms with Crippen LogP contribution in [-0.4, -0.2) is 10.9 Å². The van der Waals surface area contributed by atoms with E-state index in [4.69, 9.17) is 11.6 Å². The SMILES string of the molecule is CCc1ccc(-c2ccc(Cl)c(F)c2)cc1C1=C(O)C2C(C1=O)[C@@H]1CC[C@H]2C1. The first-order chi connectivity index (χ1) is 13.5. The first-order valence-electron chi connectivity index (χ1n) is 10.1. The molecule has 4 atom stereocenters. The fraction of sp³-hybridized carbons (Fsp3) is 0.375. The molecule has 0 radical (unpaired) electrons. The number of ketones is 1. The van der Waals surface area contributed by atoms with Gasteiger partial charge in [-0.15, -0.1) is 0 Å². The van der Waals surface area contributed by atoms with Crippen molar-refractivity contribution in [2.45, 2.75) is 32.6 Å². The van der Waals surface area contributed by atoms with Crippen molar-refractivity contribution in [2.75, 3.05) is 0 Å². The van der Waals surface area contributed by atoms with Crippen LogP contribution in [0, 0.1) is 29.5 Å². The number of aliphatic hydroxyl groups excluding tert-OH is 1. The molecular formula is C24H22ClFO2. The highest BCUT2D eigenvalue weighted by Gasteiger charge is 2.57.